The van der Waals surface area contributed by atoms with Gasteiger partial charge in [0.05, 0.1) is 0 Å². The molecule has 0 aliphatic heterocycles. The van der Waals surface area contributed by atoms with Crippen LogP contribution >= 0.6 is 22.9 Å². The summed E-state index contributed by atoms with van der Waals surface area (Å²) in [4.78, 5) is 25.2. The van der Waals surface area contributed by atoms with Gasteiger partial charge in [-0.05, 0) is 24.1 Å². The molecule has 28 heavy (non-hydrogen) atoms. The molecule has 3 aromatic rings. The quantitative estimate of drug-likeness (QED) is 0.631. The molecule has 1 heterocycles. The molecule has 0 bridgehead atoms. The highest BCUT2D eigenvalue weighted by atomic mass is 35.5. The number of nitrogens with one attached hydrogen (secondary N) is 2. The normalized spacial score (nSPS) is 11.9. The molecule has 3 rings (SSSR count). The zero-order valence-electron chi connectivity index (χ0n) is 15.3. The molecular formula is C20H19ClN4O2S. The zero-order chi connectivity index (χ0) is 20.1. The van der Waals surface area contributed by atoms with Gasteiger partial charge in [-0.1, -0.05) is 73.2 Å². The lowest BCUT2D eigenvalue weighted by molar-refractivity contribution is -0.118. The summed E-state index contributed by atoms with van der Waals surface area (Å²) < 4.78 is 0. The number of carbonyl (C=O) groups excluding carboxylic acids is 2. The fraction of sp³-hybridized carbons (Fsp3) is 0.200. The summed E-state index contributed by atoms with van der Waals surface area (Å²) in [6, 6.07) is 15.4. The molecule has 0 radical (unpaired) electrons. The number of carbonyl (C=O) groups is 2. The molecule has 1 aromatic heterocycles. The van der Waals surface area contributed by atoms with Crippen molar-refractivity contribution in [3.05, 3.63) is 65.2 Å². The van der Waals surface area contributed by atoms with Crippen LogP contribution < -0.4 is 10.6 Å². The Hall–Kier alpha value is -2.77. The fourth-order valence-corrected chi connectivity index (χ4v) is 3.49. The van der Waals surface area contributed by atoms with E-state index in [0.717, 1.165) is 5.56 Å². The van der Waals surface area contributed by atoms with Crippen LogP contribution in [0.25, 0.3) is 10.6 Å². The van der Waals surface area contributed by atoms with E-state index in [9.17, 15) is 9.59 Å². The molecule has 6 nitrogen and oxygen atoms in total. The van der Waals surface area contributed by atoms with Crippen LogP contribution in [0.15, 0.2) is 54.6 Å². The van der Waals surface area contributed by atoms with Crippen molar-refractivity contribution in [1.82, 2.24) is 15.5 Å². The Kier molecular flexibility index (Phi) is 6.38. The summed E-state index contributed by atoms with van der Waals surface area (Å²) in [6.07, 6.45) is 0. The molecule has 0 spiro atoms. The smallest absolute Gasteiger partial charge is 0.251 e. The van der Waals surface area contributed by atoms with Gasteiger partial charge in [-0.25, -0.2) is 0 Å². The lowest BCUT2D eigenvalue weighted by Crippen LogP contribution is -2.47. The summed E-state index contributed by atoms with van der Waals surface area (Å²) >= 11 is 7.21. The minimum absolute atomic E-state index is 0.121. The van der Waals surface area contributed by atoms with Gasteiger partial charge >= 0.3 is 0 Å². The van der Waals surface area contributed by atoms with Gasteiger partial charge in [0.2, 0.25) is 11.0 Å². The predicted octanol–water partition coefficient (Wildman–Crippen LogP) is 4.25. The second kappa shape index (κ2) is 8.95. The molecule has 8 heteroatoms. The van der Waals surface area contributed by atoms with E-state index in [1.54, 1.807) is 24.3 Å². The highest BCUT2D eigenvalue weighted by molar-refractivity contribution is 7.18. The van der Waals surface area contributed by atoms with Gasteiger partial charge in [-0.2, -0.15) is 0 Å². The van der Waals surface area contributed by atoms with Crippen molar-refractivity contribution >= 4 is 39.9 Å². The Labute approximate surface area is 172 Å². The first-order valence-electron chi connectivity index (χ1n) is 8.70. The van der Waals surface area contributed by atoms with E-state index in [1.807, 2.05) is 44.2 Å². The summed E-state index contributed by atoms with van der Waals surface area (Å²) in [7, 11) is 0. The molecule has 0 aliphatic carbocycles. The zero-order valence-corrected chi connectivity index (χ0v) is 16.9. The highest BCUT2D eigenvalue weighted by Crippen LogP contribution is 2.26. The second-order valence-electron chi connectivity index (χ2n) is 6.47. The van der Waals surface area contributed by atoms with E-state index < -0.39 is 6.04 Å². The minimum Gasteiger partial charge on any atom is -0.340 e. The first kappa shape index (κ1) is 20.0. The number of anilines is 1. The Morgan fingerprint density at radius 1 is 1.04 bits per heavy atom. The standard InChI is InChI=1S/C20H19ClN4O2S/c1-12(2)16(22-17(26)14-9-6-10-15(21)11-14)18(27)23-20-25-24-19(28-20)13-7-4-3-5-8-13/h3-12,16H,1-2H3,(H,22,26)(H,23,25,27)/t16-/m0/s1. The number of nitrogens with zero attached hydrogens (tertiary/aromatic N) is 2. The van der Waals surface area contributed by atoms with Gasteiger partial charge in [0.15, 0.2) is 0 Å². The molecule has 2 amide bonds. The SMILES string of the molecule is CC(C)[C@H](NC(=O)c1cccc(Cl)c1)C(=O)Nc1nnc(-c2ccccc2)s1. The third kappa shape index (κ3) is 4.94. The van der Waals surface area contributed by atoms with Crippen LogP contribution in [0, 0.1) is 5.92 Å². The van der Waals surface area contributed by atoms with E-state index in [2.05, 4.69) is 20.8 Å². The van der Waals surface area contributed by atoms with Crippen LogP contribution in [-0.4, -0.2) is 28.1 Å². The second-order valence-corrected chi connectivity index (χ2v) is 7.89. The van der Waals surface area contributed by atoms with Gasteiger partial charge in [-0.15, -0.1) is 10.2 Å². The number of amides is 2. The van der Waals surface area contributed by atoms with Gasteiger partial charge in [0, 0.05) is 16.1 Å². The number of rotatable bonds is 6. The molecule has 0 fully saturated rings. The Morgan fingerprint density at radius 2 is 1.79 bits per heavy atom. The predicted molar refractivity (Wildman–Crippen MR) is 112 cm³/mol. The third-order valence-electron chi connectivity index (χ3n) is 4.00. The number of aromatic nitrogens is 2. The molecule has 0 saturated carbocycles. The fourth-order valence-electron chi connectivity index (χ4n) is 2.54. The number of hydrogen-bond donors (Lipinski definition) is 2. The lowest BCUT2D eigenvalue weighted by atomic mass is 10.0. The molecular weight excluding hydrogens is 396 g/mol. The van der Waals surface area contributed by atoms with Crippen molar-refractivity contribution < 1.29 is 9.59 Å². The van der Waals surface area contributed by atoms with Crippen molar-refractivity contribution in [2.24, 2.45) is 5.92 Å². The average Bonchev–Trinajstić information content (AvgIpc) is 3.14. The summed E-state index contributed by atoms with van der Waals surface area (Å²) in [5, 5.41) is 15.2. The van der Waals surface area contributed by atoms with Crippen molar-refractivity contribution in [1.29, 1.82) is 0 Å². The van der Waals surface area contributed by atoms with E-state index >= 15 is 0 Å². The minimum atomic E-state index is -0.726. The maximum atomic E-state index is 12.7. The van der Waals surface area contributed by atoms with Crippen molar-refractivity contribution in [3.8, 4) is 10.6 Å². The first-order chi connectivity index (χ1) is 13.4. The molecule has 2 aromatic carbocycles. The Morgan fingerprint density at radius 3 is 2.46 bits per heavy atom. The maximum Gasteiger partial charge on any atom is 0.251 e. The van der Waals surface area contributed by atoms with Crippen molar-refractivity contribution in [2.45, 2.75) is 19.9 Å². The van der Waals surface area contributed by atoms with Gasteiger partial charge in [0.1, 0.15) is 11.0 Å². The van der Waals surface area contributed by atoms with E-state index in [1.165, 1.54) is 11.3 Å². The molecule has 144 valence electrons. The number of halogens is 1. The number of hydrogen-bond acceptors (Lipinski definition) is 5. The van der Waals surface area contributed by atoms with E-state index in [4.69, 9.17) is 11.6 Å². The van der Waals surface area contributed by atoms with Gasteiger partial charge in [0.25, 0.3) is 5.91 Å². The first-order valence-corrected chi connectivity index (χ1v) is 9.89. The van der Waals surface area contributed by atoms with Gasteiger partial charge in [-0.3, -0.25) is 14.9 Å². The molecule has 2 N–H and O–H groups in total. The summed E-state index contributed by atoms with van der Waals surface area (Å²) in [6.45, 7) is 3.72. The van der Waals surface area contributed by atoms with Crippen LogP contribution in [0.4, 0.5) is 5.13 Å². The van der Waals surface area contributed by atoms with Crippen molar-refractivity contribution in [2.75, 3.05) is 5.32 Å². The lowest BCUT2D eigenvalue weighted by Gasteiger charge is -2.21. The summed E-state index contributed by atoms with van der Waals surface area (Å²) in [5.74, 6) is -0.829. The summed E-state index contributed by atoms with van der Waals surface area (Å²) in [5.41, 5.74) is 1.32. The van der Waals surface area contributed by atoms with Crippen LogP contribution in [0.2, 0.25) is 5.02 Å². The van der Waals surface area contributed by atoms with Crippen LogP contribution in [0.5, 0.6) is 0 Å². The molecule has 1 atom stereocenters. The largest absolute Gasteiger partial charge is 0.340 e. The van der Waals surface area contributed by atoms with Crippen LogP contribution in [0.1, 0.15) is 24.2 Å². The Balaban J connectivity index is 1.70. The van der Waals surface area contributed by atoms with Crippen LogP contribution in [0.3, 0.4) is 0 Å². The third-order valence-corrected chi connectivity index (χ3v) is 5.12. The van der Waals surface area contributed by atoms with E-state index in [-0.39, 0.29) is 17.7 Å². The number of benzene rings is 2. The van der Waals surface area contributed by atoms with Crippen molar-refractivity contribution in [3.63, 3.8) is 0 Å². The molecule has 0 saturated heterocycles. The van der Waals surface area contributed by atoms with Gasteiger partial charge < -0.3 is 5.32 Å². The van der Waals surface area contributed by atoms with Crippen LogP contribution in [-0.2, 0) is 4.79 Å². The Bertz CT molecular complexity index is 975. The average molecular weight is 415 g/mol. The molecule has 0 aliphatic rings. The van der Waals surface area contributed by atoms with E-state index in [0.29, 0.717) is 20.7 Å². The topological polar surface area (TPSA) is 84.0 Å². The highest BCUT2D eigenvalue weighted by Gasteiger charge is 2.26. The maximum absolute atomic E-state index is 12.7. The monoisotopic (exact) mass is 414 g/mol. The molecule has 0 unspecified atom stereocenters.